The standard InChI is InChI=1S/C9H19NO/c1-10(2)8-6-4-5-7-9(8)11-3/h8-9H,4-7H2,1-3H3. The van der Waals surface area contributed by atoms with Crippen LogP contribution in [0.4, 0.5) is 0 Å². The highest BCUT2D eigenvalue weighted by Gasteiger charge is 2.25. The lowest BCUT2D eigenvalue weighted by Crippen LogP contribution is -2.42. The van der Waals surface area contributed by atoms with Crippen LogP contribution in [-0.2, 0) is 4.74 Å². The summed E-state index contributed by atoms with van der Waals surface area (Å²) >= 11 is 0. The van der Waals surface area contributed by atoms with Gasteiger partial charge < -0.3 is 9.64 Å². The van der Waals surface area contributed by atoms with Crippen molar-refractivity contribution in [3.63, 3.8) is 0 Å². The van der Waals surface area contributed by atoms with Crippen LogP contribution in [-0.4, -0.2) is 38.3 Å². The first kappa shape index (κ1) is 9.01. The smallest absolute Gasteiger partial charge is 0.0726 e. The van der Waals surface area contributed by atoms with Crippen molar-refractivity contribution in [2.75, 3.05) is 21.2 Å². The van der Waals surface area contributed by atoms with E-state index in [1.54, 1.807) is 0 Å². The van der Waals surface area contributed by atoms with E-state index in [1.807, 2.05) is 7.11 Å². The van der Waals surface area contributed by atoms with Crippen LogP contribution in [0.25, 0.3) is 0 Å². The van der Waals surface area contributed by atoms with E-state index >= 15 is 0 Å². The lowest BCUT2D eigenvalue weighted by molar-refractivity contribution is 0.00633. The number of rotatable bonds is 2. The Bertz CT molecular complexity index is 114. The zero-order valence-electron chi connectivity index (χ0n) is 7.84. The van der Waals surface area contributed by atoms with Gasteiger partial charge in [0.05, 0.1) is 6.10 Å². The second kappa shape index (κ2) is 4.07. The zero-order valence-corrected chi connectivity index (χ0v) is 7.84. The summed E-state index contributed by atoms with van der Waals surface area (Å²) in [5, 5.41) is 0. The number of hydrogen-bond donors (Lipinski definition) is 0. The van der Waals surface area contributed by atoms with Crippen molar-refractivity contribution in [1.82, 2.24) is 4.90 Å². The molecule has 0 bridgehead atoms. The van der Waals surface area contributed by atoms with Gasteiger partial charge in [0.25, 0.3) is 0 Å². The van der Waals surface area contributed by atoms with Crippen molar-refractivity contribution in [3.8, 4) is 0 Å². The van der Waals surface area contributed by atoms with Gasteiger partial charge in [0.15, 0.2) is 0 Å². The Hall–Kier alpha value is -0.0800. The summed E-state index contributed by atoms with van der Waals surface area (Å²) in [6.07, 6.45) is 5.70. The molecular formula is C9H19NO. The molecule has 1 fully saturated rings. The van der Waals surface area contributed by atoms with Crippen LogP contribution in [0.3, 0.4) is 0 Å². The van der Waals surface area contributed by atoms with Crippen LogP contribution in [0.2, 0.25) is 0 Å². The van der Waals surface area contributed by atoms with Gasteiger partial charge in [-0.05, 0) is 26.9 Å². The highest BCUT2D eigenvalue weighted by atomic mass is 16.5. The number of likely N-dealkylation sites (N-methyl/N-ethyl adjacent to an activating group) is 1. The van der Waals surface area contributed by atoms with Crippen LogP contribution in [0.15, 0.2) is 0 Å². The van der Waals surface area contributed by atoms with Crippen LogP contribution in [0.1, 0.15) is 25.7 Å². The predicted octanol–water partition coefficient (Wildman–Crippen LogP) is 1.51. The third-order valence-corrected chi connectivity index (χ3v) is 2.63. The minimum Gasteiger partial charge on any atom is -0.380 e. The zero-order chi connectivity index (χ0) is 8.27. The minimum atomic E-state index is 0.471. The fourth-order valence-corrected chi connectivity index (χ4v) is 1.94. The number of nitrogens with zero attached hydrogens (tertiary/aromatic N) is 1. The molecular weight excluding hydrogens is 138 g/mol. The van der Waals surface area contributed by atoms with Crippen molar-refractivity contribution >= 4 is 0 Å². The van der Waals surface area contributed by atoms with Gasteiger partial charge in [-0.3, -0.25) is 0 Å². The topological polar surface area (TPSA) is 12.5 Å². The third kappa shape index (κ3) is 2.17. The summed E-state index contributed by atoms with van der Waals surface area (Å²) in [4.78, 5) is 2.29. The van der Waals surface area contributed by atoms with Crippen molar-refractivity contribution < 1.29 is 4.74 Å². The second-order valence-electron chi connectivity index (χ2n) is 3.59. The van der Waals surface area contributed by atoms with Crippen molar-refractivity contribution in [2.24, 2.45) is 0 Å². The van der Waals surface area contributed by atoms with E-state index in [1.165, 1.54) is 25.7 Å². The molecule has 1 saturated carbocycles. The fourth-order valence-electron chi connectivity index (χ4n) is 1.94. The van der Waals surface area contributed by atoms with Gasteiger partial charge >= 0.3 is 0 Å². The molecule has 2 nitrogen and oxygen atoms in total. The minimum absolute atomic E-state index is 0.471. The van der Waals surface area contributed by atoms with Crippen molar-refractivity contribution in [3.05, 3.63) is 0 Å². The molecule has 0 heterocycles. The molecule has 1 rings (SSSR count). The Morgan fingerprint density at radius 1 is 1.18 bits per heavy atom. The monoisotopic (exact) mass is 157 g/mol. The van der Waals surface area contributed by atoms with Gasteiger partial charge in [-0.15, -0.1) is 0 Å². The van der Waals surface area contributed by atoms with Gasteiger partial charge in [-0.1, -0.05) is 12.8 Å². The molecule has 0 amide bonds. The summed E-state index contributed by atoms with van der Waals surface area (Å²) in [5.41, 5.74) is 0. The van der Waals surface area contributed by atoms with E-state index < -0.39 is 0 Å². The molecule has 1 aliphatic carbocycles. The second-order valence-corrected chi connectivity index (χ2v) is 3.59. The summed E-state index contributed by atoms with van der Waals surface area (Å²) in [5.74, 6) is 0. The van der Waals surface area contributed by atoms with Gasteiger partial charge in [-0.25, -0.2) is 0 Å². The Morgan fingerprint density at radius 2 is 1.82 bits per heavy atom. The molecule has 0 saturated heterocycles. The Morgan fingerprint density at radius 3 is 2.27 bits per heavy atom. The maximum Gasteiger partial charge on any atom is 0.0726 e. The molecule has 0 aliphatic heterocycles. The van der Waals surface area contributed by atoms with Gasteiger partial charge in [-0.2, -0.15) is 0 Å². The maximum absolute atomic E-state index is 5.42. The van der Waals surface area contributed by atoms with E-state index in [4.69, 9.17) is 4.74 Å². The fraction of sp³-hybridized carbons (Fsp3) is 1.00. The molecule has 0 aromatic carbocycles. The first-order chi connectivity index (χ1) is 5.25. The van der Waals surface area contributed by atoms with Crippen molar-refractivity contribution in [2.45, 2.75) is 37.8 Å². The molecule has 0 aromatic heterocycles. The Balaban J connectivity index is 2.44. The number of hydrogen-bond acceptors (Lipinski definition) is 2. The normalized spacial score (nSPS) is 32.7. The lowest BCUT2D eigenvalue weighted by atomic mass is 9.92. The number of ether oxygens (including phenoxy) is 1. The molecule has 0 radical (unpaired) electrons. The van der Waals surface area contributed by atoms with E-state index in [0.29, 0.717) is 12.1 Å². The highest BCUT2D eigenvalue weighted by Crippen LogP contribution is 2.23. The number of methoxy groups -OCH3 is 1. The molecule has 0 N–H and O–H groups in total. The average molecular weight is 157 g/mol. The molecule has 1 aliphatic rings. The van der Waals surface area contributed by atoms with Gasteiger partial charge in [0, 0.05) is 13.2 Å². The lowest BCUT2D eigenvalue weighted by Gasteiger charge is -2.34. The van der Waals surface area contributed by atoms with Crippen molar-refractivity contribution in [1.29, 1.82) is 0 Å². The van der Waals surface area contributed by atoms with Crippen LogP contribution >= 0.6 is 0 Å². The summed E-state index contributed by atoms with van der Waals surface area (Å²) < 4.78 is 5.42. The molecule has 11 heavy (non-hydrogen) atoms. The van der Waals surface area contributed by atoms with Crippen LogP contribution in [0.5, 0.6) is 0 Å². The van der Waals surface area contributed by atoms with Gasteiger partial charge in [0.2, 0.25) is 0 Å². The SMILES string of the molecule is COC1CCCCC1N(C)C. The quantitative estimate of drug-likeness (QED) is 0.602. The summed E-state index contributed by atoms with van der Waals surface area (Å²) in [6.45, 7) is 0. The van der Waals surface area contributed by atoms with Crippen LogP contribution < -0.4 is 0 Å². The van der Waals surface area contributed by atoms with E-state index in [2.05, 4.69) is 19.0 Å². The largest absolute Gasteiger partial charge is 0.380 e. The molecule has 2 atom stereocenters. The Labute approximate surface area is 69.5 Å². The van der Waals surface area contributed by atoms with E-state index in [0.717, 1.165) is 0 Å². The summed E-state index contributed by atoms with van der Waals surface area (Å²) in [6, 6.07) is 0.647. The first-order valence-electron chi connectivity index (χ1n) is 4.45. The van der Waals surface area contributed by atoms with Crippen LogP contribution in [0, 0.1) is 0 Å². The molecule has 66 valence electrons. The third-order valence-electron chi connectivity index (χ3n) is 2.63. The van der Waals surface area contributed by atoms with E-state index in [-0.39, 0.29) is 0 Å². The summed E-state index contributed by atoms with van der Waals surface area (Å²) in [7, 11) is 6.11. The molecule has 0 aromatic rings. The molecule has 2 heteroatoms. The highest BCUT2D eigenvalue weighted by molar-refractivity contribution is 4.80. The molecule has 2 unspecified atom stereocenters. The van der Waals surface area contributed by atoms with Gasteiger partial charge in [0.1, 0.15) is 0 Å². The maximum atomic E-state index is 5.42. The average Bonchev–Trinajstić information content (AvgIpc) is 2.04. The first-order valence-corrected chi connectivity index (χ1v) is 4.45. The van der Waals surface area contributed by atoms with E-state index in [9.17, 15) is 0 Å². The Kier molecular flexibility index (Phi) is 3.34. The molecule has 0 spiro atoms. The predicted molar refractivity (Wildman–Crippen MR) is 46.7 cm³/mol.